The zero-order valence-corrected chi connectivity index (χ0v) is 26.1. The van der Waals surface area contributed by atoms with Gasteiger partial charge in [0.25, 0.3) is 5.69 Å². The van der Waals surface area contributed by atoms with Gasteiger partial charge in [-0.3, -0.25) is 10.1 Å². The number of nitrogens with zero attached hydrogens (tertiary/aromatic N) is 1. The number of hydrogen-bond acceptors (Lipinski definition) is 10. The van der Waals surface area contributed by atoms with Gasteiger partial charge in [0.15, 0.2) is 0 Å². The molecule has 0 amide bonds. The quantitative estimate of drug-likeness (QED) is 0.0923. The van der Waals surface area contributed by atoms with Crippen LogP contribution in [-0.2, 0) is 25.5 Å². The smallest absolute Gasteiger partial charge is 0.431 e. The van der Waals surface area contributed by atoms with Crippen molar-refractivity contribution in [3.63, 3.8) is 0 Å². The fourth-order valence-corrected chi connectivity index (χ4v) is 5.17. The van der Waals surface area contributed by atoms with Crippen molar-refractivity contribution in [1.82, 2.24) is 10.6 Å². The second-order valence-corrected chi connectivity index (χ2v) is 10.7. The number of methoxy groups -OCH3 is 1. The van der Waals surface area contributed by atoms with E-state index in [-0.39, 0.29) is 29.9 Å². The van der Waals surface area contributed by atoms with Crippen LogP contribution in [0.3, 0.4) is 0 Å². The molecule has 3 aromatic carbocycles. The Morgan fingerprint density at radius 2 is 1.71 bits per heavy atom. The van der Waals surface area contributed by atoms with E-state index in [1.165, 1.54) is 19.1 Å². The highest BCUT2D eigenvalue weighted by Gasteiger charge is 2.47. The van der Waals surface area contributed by atoms with Crippen molar-refractivity contribution in [2.24, 2.45) is 0 Å². The van der Waals surface area contributed by atoms with Gasteiger partial charge in [0.1, 0.15) is 18.1 Å². The third-order valence-corrected chi connectivity index (χ3v) is 7.50. The Kier molecular flexibility index (Phi) is 11.9. The number of alkyl halides is 3. The molecule has 254 valence electrons. The predicted octanol–water partition coefficient (Wildman–Crippen LogP) is 5.03. The Hall–Kier alpha value is -5.21. The summed E-state index contributed by atoms with van der Waals surface area (Å²) in [5.74, 6) is -3.45. The van der Waals surface area contributed by atoms with Crippen molar-refractivity contribution in [2.45, 2.75) is 31.5 Å². The summed E-state index contributed by atoms with van der Waals surface area (Å²) in [4.78, 5) is 36.9. The van der Waals surface area contributed by atoms with E-state index >= 15 is 0 Å². The first kappa shape index (κ1) is 35.6. The Morgan fingerprint density at radius 1 is 1.00 bits per heavy atom. The Labute approximate surface area is 274 Å². The van der Waals surface area contributed by atoms with Crippen LogP contribution in [0, 0.1) is 10.1 Å². The number of carbonyl (C=O) groups is 2. The van der Waals surface area contributed by atoms with Crippen molar-refractivity contribution in [3.05, 3.63) is 128 Å². The maximum atomic E-state index is 14.1. The molecule has 1 aliphatic rings. The van der Waals surface area contributed by atoms with Crippen LogP contribution in [-0.4, -0.2) is 61.6 Å². The number of nitrogens with one attached hydrogen (secondary N) is 2. The van der Waals surface area contributed by atoms with E-state index in [1.807, 2.05) is 30.3 Å². The second-order valence-electron chi connectivity index (χ2n) is 10.7. The van der Waals surface area contributed by atoms with Crippen molar-refractivity contribution in [2.75, 3.05) is 33.4 Å². The topological polar surface area (TPSA) is 149 Å². The number of benzene rings is 3. The number of nitro benzene ring substituents is 1. The van der Waals surface area contributed by atoms with Crippen LogP contribution >= 0.6 is 0 Å². The summed E-state index contributed by atoms with van der Waals surface area (Å²) in [5, 5.41) is 26.9. The Bertz CT molecular complexity index is 1670. The normalized spacial score (nSPS) is 15.4. The van der Waals surface area contributed by atoms with Gasteiger partial charge in [-0.25, -0.2) is 9.59 Å². The van der Waals surface area contributed by atoms with Crippen molar-refractivity contribution < 1.29 is 47.0 Å². The molecular formula is C34H34F3N3O8. The molecule has 0 fully saturated rings. The minimum atomic E-state index is -5.05. The van der Waals surface area contributed by atoms with E-state index in [1.54, 1.807) is 24.3 Å². The molecule has 0 spiro atoms. The molecule has 48 heavy (non-hydrogen) atoms. The lowest BCUT2D eigenvalue weighted by Gasteiger charge is -2.31. The molecule has 1 aliphatic heterocycles. The molecule has 0 bridgehead atoms. The molecule has 2 unspecified atom stereocenters. The number of aliphatic hydroxyl groups excluding tert-OH is 1. The van der Waals surface area contributed by atoms with Gasteiger partial charge in [-0.05, 0) is 35.7 Å². The van der Waals surface area contributed by atoms with Crippen LogP contribution in [0.15, 0.2) is 101 Å². The lowest BCUT2D eigenvalue weighted by atomic mass is 9.80. The first-order chi connectivity index (χ1) is 22.9. The standard InChI is InChI=1S/C34H34F3N3O8/c1-21-28(29(24-9-6-10-25(19-24)40(44)45)30(32(42)46-2)31(39-21)34(35,36)37)33(43)48-17-15-22-11-13-26(14-12-22)47-18-16-38-20-27(41)23-7-4-3-5-8-23/h3-14,19,27,29,38-39,41H,15-18,20H2,1-2H3. The van der Waals surface area contributed by atoms with Crippen LogP contribution < -0.4 is 15.4 Å². The molecule has 14 heteroatoms. The summed E-state index contributed by atoms with van der Waals surface area (Å²) >= 11 is 0. The van der Waals surface area contributed by atoms with Gasteiger partial charge >= 0.3 is 18.1 Å². The van der Waals surface area contributed by atoms with Gasteiger partial charge in [-0.15, -0.1) is 0 Å². The summed E-state index contributed by atoms with van der Waals surface area (Å²) in [7, 11) is 0.892. The zero-order chi connectivity index (χ0) is 34.8. The van der Waals surface area contributed by atoms with Crippen LogP contribution in [0.2, 0.25) is 0 Å². The average molecular weight is 670 g/mol. The predicted molar refractivity (Wildman–Crippen MR) is 168 cm³/mol. The number of nitro groups is 1. The molecule has 2 atom stereocenters. The number of allylic oxidation sites excluding steroid dienone is 2. The minimum absolute atomic E-state index is 0.0997. The fourth-order valence-electron chi connectivity index (χ4n) is 5.17. The SMILES string of the molecule is COC(=O)C1=C(C(F)(F)F)NC(C)=C(C(=O)OCCc2ccc(OCCNCC(O)c3ccccc3)cc2)C1c1cccc([N+](=O)[O-])c1. The van der Waals surface area contributed by atoms with E-state index in [9.17, 15) is 38.0 Å². The summed E-state index contributed by atoms with van der Waals surface area (Å²) in [5.41, 5.74) is -1.88. The number of ether oxygens (including phenoxy) is 3. The molecule has 3 aromatic rings. The molecule has 0 aromatic heterocycles. The van der Waals surface area contributed by atoms with Gasteiger partial charge in [-0.2, -0.15) is 13.2 Å². The number of carbonyl (C=O) groups excluding carboxylic acids is 2. The van der Waals surface area contributed by atoms with Crippen molar-refractivity contribution >= 4 is 17.6 Å². The minimum Gasteiger partial charge on any atom is -0.492 e. The average Bonchev–Trinajstić information content (AvgIpc) is 3.07. The summed E-state index contributed by atoms with van der Waals surface area (Å²) in [6.45, 7) is 2.29. The zero-order valence-electron chi connectivity index (χ0n) is 26.1. The number of hydrogen-bond donors (Lipinski definition) is 3. The lowest BCUT2D eigenvalue weighted by molar-refractivity contribution is -0.384. The van der Waals surface area contributed by atoms with E-state index in [2.05, 4.69) is 15.4 Å². The molecule has 0 saturated carbocycles. The van der Waals surface area contributed by atoms with Crippen LogP contribution in [0.5, 0.6) is 5.75 Å². The highest BCUT2D eigenvalue weighted by atomic mass is 19.4. The van der Waals surface area contributed by atoms with E-state index in [0.717, 1.165) is 30.4 Å². The van der Waals surface area contributed by atoms with Crippen LogP contribution in [0.4, 0.5) is 18.9 Å². The number of halogens is 3. The largest absolute Gasteiger partial charge is 0.492 e. The van der Waals surface area contributed by atoms with Gasteiger partial charge in [0.2, 0.25) is 0 Å². The molecule has 0 radical (unpaired) electrons. The van der Waals surface area contributed by atoms with Gasteiger partial charge in [0.05, 0.1) is 41.8 Å². The van der Waals surface area contributed by atoms with Crippen LogP contribution in [0.1, 0.15) is 35.6 Å². The number of aliphatic hydroxyl groups is 1. The monoisotopic (exact) mass is 669 g/mol. The molecule has 4 rings (SSSR count). The summed E-state index contributed by atoms with van der Waals surface area (Å²) in [6, 6.07) is 21.0. The fraction of sp³-hybridized carbons (Fsp3) is 0.294. The van der Waals surface area contributed by atoms with E-state index < -0.39 is 52.0 Å². The first-order valence-electron chi connectivity index (χ1n) is 14.8. The number of esters is 2. The third kappa shape index (κ3) is 8.98. The summed E-state index contributed by atoms with van der Waals surface area (Å²) < 4.78 is 58.1. The van der Waals surface area contributed by atoms with Crippen molar-refractivity contribution in [3.8, 4) is 5.75 Å². The molecule has 0 aliphatic carbocycles. The van der Waals surface area contributed by atoms with Gasteiger partial charge in [0, 0.05) is 37.3 Å². The Morgan fingerprint density at radius 3 is 2.35 bits per heavy atom. The van der Waals surface area contributed by atoms with E-state index in [0.29, 0.717) is 25.4 Å². The Balaban J connectivity index is 1.39. The summed E-state index contributed by atoms with van der Waals surface area (Å²) in [6.07, 6.45) is -5.43. The number of non-ortho nitro benzene ring substituents is 1. The van der Waals surface area contributed by atoms with Crippen molar-refractivity contribution in [1.29, 1.82) is 0 Å². The van der Waals surface area contributed by atoms with Crippen LogP contribution in [0.25, 0.3) is 0 Å². The number of rotatable bonds is 14. The molecule has 3 N–H and O–H groups in total. The van der Waals surface area contributed by atoms with Gasteiger partial charge in [-0.1, -0.05) is 54.6 Å². The molecule has 11 nitrogen and oxygen atoms in total. The maximum absolute atomic E-state index is 14.1. The van der Waals surface area contributed by atoms with Gasteiger partial charge < -0.3 is 30.0 Å². The van der Waals surface area contributed by atoms with E-state index in [4.69, 9.17) is 9.47 Å². The second kappa shape index (κ2) is 16.1. The third-order valence-electron chi connectivity index (χ3n) is 7.50. The molecular weight excluding hydrogens is 635 g/mol. The highest BCUT2D eigenvalue weighted by molar-refractivity contribution is 6.00. The molecule has 1 heterocycles. The first-order valence-corrected chi connectivity index (χ1v) is 14.8. The lowest BCUT2D eigenvalue weighted by Crippen LogP contribution is -2.38. The maximum Gasteiger partial charge on any atom is 0.431 e. The molecule has 0 saturated heterocycles. The number of dihydropyridines is 1. The highest BCUT2D eigenvalue weighted by Crippen LogP contribution is 2.44.